The Morgan fingerprint density at radius 1 is 1.47 bits per heavy atom. The summed E-state index contributed by atoms with van der Waals surface area (Å²) in [5.74, 6) is 0. The molecule has 0 aliphatic carbocycles. The second-order valence-corrected chi connectivity index (χ2v) is 6.53. The molecule has 0 spiro atoms. The maximum absolute atomic E-state index is 8.59. The average Bonchev–Trinajstić information content (AvgIpc) is 2.67. The fourth-order valence-corrected chi connectivity index (χ4v) is 4.54. The SMILES string of the molecule is OCCNSSC1Nc2ccccc2S1. The Kier molecular flexibility index (Phi) is 4.52. The van der Waals surface area contributed by atoms with Crippen LogP contribution in [0, 0.1) is 0 Å². The quantitative estimate of drug-likeness (QED) is 0.429. The molecule has 1 aliphatic heterocycles. The van der Waals surface area contributed by atoms with Gasteiger partial charge in [-0.3, -0.25) is 4.72 Å². The summed E-state index contributed by atoms with van der Waals surface area (Å²) in [6, 6.07) is 8.31. The highest BCUT2D eigenvalue weighted by Crippen LogP contribution is 2.45. The third-order valence-electron chi connectivity index (χ3n) is 1.80. The molecule has 15 heavy (non-hydrogen) atoms. The van der Waals surface area contributed by atoms with Crippen LogP contribution in [0.3, 0.4) is 0 Å². The predicted molar refractivity (Wildman–Crippen MR) is 70.0 cm³/mol. The van der Waals surface area contributed by atoms with Crippen LogP contribution in [-0.2, 0) is 0 Å². The number of thioether (sulfide) groups is 1. The molecule has 1 atom stereocenters. The van der Waals surface area contributed by atoms with E-state index in [1.165, 1.54) is 10.6 Å². The third-order valence-corrected chi connectivity index (χ3v) is 5.62. The number of aliphatic hydroxyl groups is 1. The van der Waals surface area contributed by atoms with Crippen molar-refractivity contribution in [2.24, 2.45) is 0 Å². The summed E-state index contributed by atoms with van der Waals surface area (Å²) in [4.78, 5) is 1.30. The maximum Gasteiger partial charge on any atom is 0.135 e. The Balaban J connectivity index is 1.76. The van der Waals surface area contributed by atoms with E-state index in [2.05, 4.69) is 28.2 Å². The van der Waals surface area contributed by atoms with Gasteiger partial charge in [0.2, 0.25) is 0 Å². The van der Waals surface area contributed by atoms with Crippen LogP contribution < -0.4 is 10.0 Å². The molecule has 0 saturated carbocycles. The highest BCUT2D eigenvalue weighted by Gasteiger charge is 2.20. The fourth-order valence-electron chi connectivity index (χ4n) is 1.17. The Morgan fingerprint density at radius 2 is 2.33 bits per heavy atom. The molecule has 0 radical (unpaired) electrons. The van der Waals surface area contributed by atoms with E-state index < -0.39 is 0 Å². The molecule has 1 aliphatic rings. The summed E-state index contributed by atoms with van der Waals surface area (Å²) in [5, 5.41) is 12.0. The van der Waals surface area contributed by atoms with Crippen molar-refractivity contribution in [2.45, 2.75) is 9.60 Å². The average molecular weight is 260 g/mol. The van der Waals surface area contributed by atoms with Crippen molar-refractivity contribution in [3.63, 3.8) is 0 Å². The molecule has 2 rings (SSSR count). The fraction of sp³-hybridized carbons (Fsp3) is 0.333. The number of aliphatic hydroxyl groups excluding tert-OH is 1. The smallest absolute Gasteiger partial charge is 0.135 e. The second-order valence-electron chi connectivity index (χ2n) is 2.89. The van der Waals surface area contributed by atoms with Gasteiger partial charge in [-0.1, -0.05) is 23.9 Å². The minimum atomic E-state index is 0.180. The van der Waals surface area contributed by atoms with Crippen LogP contribution in [0.5, 0.6) is 0 Å². The zero-order chi connectivity index (χ0) is 10.5. The van der Waals surface area contributed by atoms with Gasteiger partial charge in [0.1, 0.15) is 4.71 Å². The molecule has 0 bridgehead atoms. The Hall–Kier alpha value is -0.0100. The highest BCUT2D eigenvalue weighted by molar-refractivity contribution is 8.77. The molecule has 3 nitrogen and oxygen atoms in total. The van der Waals surface area contributed by atoms with Gasteiger partial charge in [0.15, 0.2) is 0 Å². The first-order valence-electron chi connectivity index (χ1n) is 4.58. The van der Waals surface area contributed by atoms with Crippen LogP contribution in [0.15, 0.2) is 29.2 Å². The van der Waals surface area contributed by atoms with Gasteiger partial charge < -0.3 is 10.4 Å². The van der Waals surface area contributed by atoms with Crippen LogP contribution >= 0.6 is 33.5 Å². The number of hydrogen-bond acceptors (Lipinski definition) is 6. The number of hydrogen-bond donors (Lipinski definition) is 3. The molecule has 0 aromatic heterocycles. The Bertz CT molecular complexity index is 299. The Morgan fingerprint density at radius 3 is 3.13 bits per heavy atom. The summed E-state index contributed by atoms with van der Waals surface area (Å²) in [6.07, 6.45) is 0. The molecule has 1 aromatic carbocycles. The van der Waals surface area contributed by atoms with Gasteiger partial charge in [0.25, 0.3) is 0 Å². The van der Waals surface area contributed by atoms with Crippen LogP contribution in [0.4, 0.5) is 5.69 Å². The van der Waals surface area contributed by atoms with Gasteiger partial charge in [-0.15, -0.1) is 0 Å². The molecule has 82 valence electrons. The molecular formula is C9H12N2OS3. The van der Waals surface area contributed by atoms with E-state index in [0.29, 0.717) is 11.3 Å². The van der Waals surface area contributed by atoms with Crippen molar-refractivity contribution < 1.29 is 5.11 Å². The van der Waals surface area contributed by atoms with Crippen LogP contribution in [0.25, 0.3) is 0 Å². The summed E-state index contributed by atoms with van der Waals surface area (Å²) < 4.78 is 3.41. The predicted octanol–water partition coefficient (Wildman–Crippen LogP) is 2.37. The third kappa shape index (κ3) is 3.22. The maximum atomic E-state index is 8.59. The van der Waals surface area contributed by atoms with Gasteiger partial charge in [-0.2, -0.15) is 0 Å². The molecule has 0 saturated heterocycles. The number of nitrogens with one attached hydrogen (secondary N) is 2. The van der Waals surface area contributed by atoms with Crippen LogP contribution in [-0.4, -0.2) is 23.0 Å². The molecule has 0 fully saturated rings. The summed E-state index contributed by atoms with van der Waals surface area (Å²) in [5.41, 5.74) is 1.21. The lowest BCUT2D eigenvalue weighted by Gasteiger charge is -2.08. The van der Waals surface area contributed by atoms with E-state index in [-0.39, 0.29) is 6.61 Å². The second kappa shape index (κ2) is 5.91. The zero-order valence-electron chi connectivity index (χ0n) is 7.97. The molecule has 1 heterocycles. The van der Waals surface area contributed by atoms with Crippen molar-refractivity contribution in [3.05, 3.63) is 24.3 Å². The van der Waals surface area contributed by atoms with Crippen molar-refractivity contribution in [1.82, 2.24) is 4.72 Å². The lowest BCUT2D eigenvalue weighted by Crippen LogP contribution is -2.10. The lowest BCUT2D eigenvalue weighted by atomic mass is 10.3. The van der Waals surface area contributed by atoms with Gasteiger partial charge in [-0.25, -0.2) is 0 Å². The van der Waals surface area contributed by atoms with Gasteiger partial charge in [-0.05, 0) is 33.9 Å². The van der Waals surface area contributed by atoms with E-state index in [1.807, 2.05) is 17.8 Å². The van der Waals surface area contributed by atoms with E-state index in [4.69, 9.17) is 5.11 Å². The van der Waals surface area contributed by atoms with Gasteiger partial charge >= 0.3 is 0 Å². The summed E-state index contributed by atoms with van der Waals surface area (Å²) in [7, 11) is 3.30. The monoisotopic (exact) mass is 260 g/mol. The number of benzene rings is 1. The Labute approximate surface area is 101 Å². The van der Waals surface area contributed by atoms with E-state index >= 15 is 0 Å². The van der Waals surface area contributed by atoms with Crippen molar-refractivity contribution in [2.75, 3.05) is 18.5 Å². The van der Waals surface area contributed by atoms with Crippen molar-refractivity contribution in [1.29, 1.82) is 0 Å². The van der Waals surface area contributed by atoms with Crippen molar-refractivity contribution in [3.8, 4) is 0 Å². The minimum Gasteiger partial charge on any atom is -0.395 e. The van der Waals surface area contributed by atoms with E-state index in [0.717, 1.165) is 0 Å². The minimum absolute atomic E-state index is 0.180. The molecule has 3 N–H and O–H groups in total. The molecule has 6 heteroatoms. The largest absolute Gasteiger partial charge is 0.395 e. The topological polar surface area (TPSA) is 44.3 Å². The number of rotatable bonds is 5. The summed E-state index contributed by atoms with van der Waals surface area (Å²) >= 11 is 1.82. The zero-order valence-corrected chi connectivity index (χ0v) is 10.4. The molecule has 1 unspecified atom stereocenters. The lowest BCUT2D eigenvalue weighted by molar-refractivity contribution is 0.302. The first-order valence-corrected chi connectivity index (χ1v) is 7.67. The van der Waals surface area contributed by atoms with Gasteiger partial charge in [0, 0.05) is 17.1 Å². The molecule has 1 aromatic rings. The van der Waals surface area contributed by atoms with Gasteiger partial charge in [0.05, 0.1) is 6.61 Å². The molecular weight excluding hydrogens is 248 g/mol. The molecule has 0 amide bonds. The van der Waals surface area contributed by atoms with Crippen LogP contribution in [0.2, 0.25) is 0 Å². The van der Waals surface area contributed by atoms with Crippen LogP contribution in [0.1, 0.15) is 0 Å². The standard InChI is InChI=1S/C9H12N2OS3/c12-6-5-10-15-14-9-11-7-3-1-2-4-8(7)13-9/h1-4,9-12H,5-6H2. The number of fused-ring (bicyclic) bond motifs is 1. The summed E-state index contributed by atoms with van der Waals surface area (Å²) in [6.45, 7) is 0.807. The van der Waals surface area contributed by atoms with Crippen molar-refractivity contribution >= 4 is 39.2 Å². The highest BCUT2D eigenvalue weighted by atomic mass is 33.1. The number of anilines is 1. The first-order chi connectivity index (χ1) is 7.40. The van der Waals surface area contributed by atoms with E-state index in [9.17, 15) is 0 Å². The van der Waals surface area contributed by atoms with E-state index in [1.54, 1.807) is 21.8 Å². The normalized spacial score (nSPS) is 18.6. The first kappa shape index (κ1) is 11.5. The number of para-hydroxylation sites is 1.